The van der Waals surface area contributed by atoms with Gasteiger partial charge in [0.15, 0.2) is 0 Å². The average Bonchev–Trinajstić information content (AvgIpc) is 2.94. The number of anilines is 1. The van der Waals surface area contributed by atoms with Crippen molar-refractivity contribution in [3.63, 3.8) is 0 Å². The second-order valence-electron chi connectivity index (χ2n) is 4.40. The lowest BCUT2D eigenvalue weighted by Gasteiger charge is -2.23. The van der Waals surface area contributed by atoms with E-state index in [0.717, 1.165) is 4.88 Å². The minimum atomic E-state index is -3.56. The quantitative estimate of drug-likeness (QED) is 0.833. The standard InChI is InChI=1S/C13H15BrN2O2S2/c1-9(13-4-3-7-19-13)16(2)20(17,18)10-5-6-11(14)12(15)8-10/h3-9H,15H2,1-2H3. The molecule has 2 N–H and O–H groups in total. The maximum absolute atomic E-state index is 12.6. The van der Waals surface area contributed by atoms with E-state index in [2.05, 4.69) is 15.9 Å². The SMILES string of the molecule is CC(c1cccs1)N(C)S(=O)(=O)c1ccc(Br)c(N)c1. The first kappa shape index (κ1) is 15.5. The maximum Gasteiger partial charge on any atom is 0.243 e. The lowest BCUT2D eigenvalue weighted by Crippen LogP contribution is -2.29. The van der Waals surface area contributed by atoms with E-state index in [-0.39, 0.29) is 10.9 Å². The number of hydrogen-bond donors (Lipinski definition) is 1. The second kappa shape index (κ2) is 5.85. The average molecular weight is 375 g/mol. The number of rotatable bonds is 4. The molecule has 0 saturated carbocycles. The minimum absolute atomic E-state index is 0.198. The van der Waals surface area contributed by atoms with Gasteiger partial charge in [-0.15, -0.1) is 11.3 Å². The Kier molecular flexibility index (Phi) is 4.53. The molecule has 0 bridgehead atoms. The number of nitrogen functional groups attached to an aromatic ring is 1. The van der Waals surface area contributed by atoms with E-state index in [9.17, 15) is 8.42 Å². The van der Waals surface area contributed by atoms with Gasteiger partial charge in [0.05, 0.1) is 10.9 Å². The van der Waals surface area contributed by atoms with Crippen molar-refractivity contribution in [2.45, 2.75) is 17.9 Å². The summed E-state index contributed by atoms with van der Waals surface area (Å²) in [5.74, 6) is 0. The third-order valence-electron chi connectivity index (χ3n) is 3.14. The highest BCUT2D eigenvalue weighted by Crippen LogP contribution is 2.30. The zero-order chi connectivity index (χ0) is 14.9. The first-order valence-electron chi connectivity index (χ1n) is 5.90. The Bertz CT molecular complexity index is 699. The second-order valence-corrected chi connectivity index (χ2v) is 8.23. The van der Waals surface area contributed by atoms with Crippen LogP contribution in [0.2, 0.25) is 0 Å². The maximum atomic E-state index is 12.6. The third-order valence-corrected chi connectivity index (χ3v) is 6.83. The van der Waals surface area contributed by atoms with Crippen molar-refractivity contribution in [2.24, 2.45) is 0 Å². The molecular weight excluding hydrogens is 360 g/mol. The van der Waals surface area contributed by atoms with Crippen molar-refractivity contribution in [1.82, 2.24) is 4.31 Å². The van der Waals surface area contributed by atoms with Gasteiger partial charge in [0, 0.05) is 22.1 Å². The summed E-state index contributed by atoms with van der Waals surface area (Å²) in [4.78, 5) is 1.20. The Morgan fingerprint density at radius 1 is 1.35 bits per heavy atom. The number of sulfonamides is 1. The van der Waals surface area contributed by atoms with Crippen LogP contribution >= 0.6 is 27.3 Å². The van der Waals surface area contributed by atoms with E-state index >= 15 is 0 Å². The van der Waals surface area contributed by atoms with Crippen LogP contribution in [0.15, 0.2) is 45.1 Å². The van der Waals surface area contributed by atoms with Crippen LogP contribution in [-0.2, 0) is 10.0 Å². The molecule has 108 valence electrons. The Morgan fingerprint density at radius 3 is 2.60 bits per heavy atom. The van der Waals surface area contributed by atoms with E-state index in [0.29, 0.717) is 10.2 Å². The first-order valence-corrected chi connectivity index (χ1v) is 9.02. The summed E-state index contributed by atoms with van der Waals surface area (Å²) in [5.41, 5.74) is 6.17. The highest BCUT2D eigenvalue weighted by atomic mass is 79.9. The summed E-state index contributed by atoms with van der Waals surface area (Å²) in [6.07, 6.45) is 0. The highest BCUT2D eigenvalue weighted by molar-refractivity contribution is 9.10. The van der Waals surface area contributed by atoms with Crippen LogP contribution in [0, 0.1) is 0 Å². The Labute approximate surface area is 131 Å². The van der Waals surface area contributed by atoms with Gasteiger partial charge >= 0.3 is 0 Å². The first-order chi connectivity index (χ1) is 9.34. The molecule has 0 aliphatic carbocycles. The lowest BCUT2D eigenvalue weighted by molar-refractivity contribution is 0.403. The van der Waals surface area contributed by atoms with Gasteiger partial charge in [-0.05, 0) is 52.5 Å². The van der Waals surface area contributed by atoms with Crippen LogP contribution in [0.1, 0.15) is 17.8 Å². The van der Waals surface area contributed by atoms with E-state index in [4.69, 9.17) is 5.73 Å². The van der Waals surface area contributed by atoms with Crippen molar-refractivity contribution in [1.29, 1.82) is 0 Å². The van der Waals surface area contributed by atoms with Crippen molar-refractivity contribution >= 4 is 43.0 Å². The lowest BCUT2D eigenvalue weighted by atomic mass is 10.3. The molecule has 1 aromatic heterocycles. The third kappa shape index (κ3) is 2.90. The van der Waals surface area contributed by atoms with E-state index in [1.807, 2.05) is 24.4 Å². The van der Waals surface area contributed by atoms with Crippen LogP contribution < -0.4 is 5.73 Å². The number of nitrogens with zero attached hydrogens (tertiary/aromatic N) is 1. The number of hydrogen-bond acceptors (Lipinski definition) is 4. The van der Waals surface area contributed by atoms with Crippen molar-refractivity contribution in [2.75, 3.05) is 12.8 Å². The summed E-state index contributed by atoms with van der Waals surface area (Å²) >= 11 is 4.80. The van der Waals surface area contributed by atoms with E-state index in [1.165, 1.54) is 21.7 Å². The predicted octanol–water partition coefficient (Wildman–Crippen LogP) is 3.47. The molecule has 1 atom stereocenters. The number of benzene rings is 1. The van der Waals surface area contributed by atoms with Crippen molar-refractivity contribution in [3.8, 4) is 0 Å². The molecule has 4 nitrogen and oxygen atoms in total. The monoisotopic (exact) mass is 374 g/mol. The summed E-state index contributed by atoms with van der Waals surface area (Å²) in [7, 11) is -1.98. The molecule has 2 aromatic rings. The molecule has 7 heteroatoms. The van der Waals surface area contributed by atoms with E-state index in [1.54, 1.807) is 19.2 Å². The van der Waals surface area contributed by atoms with Crippen molar-refractivity contribution in [3.05, 3.63) is 45.1 Å². The molecule has 0 aliphatic heterocycles. The van der Waals surface area contributed by atoms with Gasteiger partial charge in [-0.1, -0.05) is 6.07 Å². The fourth-order valence-electron chi connectivity index (χ4n) is 1.76. The molecule has 20 heavy (non-hydrogen) atoms. The van der Waals surface area contributed by atoms with Crippen LogP contribution in [0.3, 0.4) is 0 Å². The molecule has 1 unspecified atom stereocenters. The normalized spacial score (nSPS) is 13.6. The molecule has 0 saturated heterocycles. The number of nitrogens with two attached hydrogens (primary N) is 1. The molecule has 0 amide bonds. The van der Waals surface area contributed by atoms with E-state index < -0.39 is 10.0 Å². The molecular formula is C13H15BrN2O2S2. The summed E-state index contributed by atoms with van der Waals surface area (Å²) in [6.45, 7) is 1.87. The molecule has 1 heterocycles. The Morgan fingerprint density at radius 2 is 2.05 bits per heavy atom. The fourth-order valence-corrected chi connectivity index (χ4v) is 4.28. The molecule has 0 aliphatic rings. The zero-order valence-electron chi connectivity index (χ0n) is 11.1. The van der Waals surface area contributed by atoms with Gasteiger partial charge in [-0.25, -0.2) is 8.42 Å². The van der Waals surface area contributed by atoms with Crippen LogP contribution in [0.5, 0.6) is 0 Å². The molecule has 1 aromatic carbocycles. The van der Waals surface area contributed by atoms with Crippen LogP contribution in [0.4, 0.5) is 5.69 Å². The molecule has 0 fully saturated rings. The van der Waals surface area contributed by atoms with Gasteiger partial charge in [-0.2, -0.15) is 4.31 Å². The highest BCUT2D eigenvalue weighted by Gasteiger charge is 2.27. The van der Waals surface area contributed by atoms with Crippen molar-refractivity contribution < 1.29 is 8.42 Å². The smallest absolute Gasteiger partial charge is 0.243 e. The summed E-state index contributed by atoms with van der Waals surface area (Å²) in [5, 5.41) is 1.93. The van der Waals surface area contributed by atoms with Gasteiger partial charge in [0.2, 0.25) is 10.0 Å². The number of halogens is 1. The minimum Gasteiger partial charge on any atom is -0.398 e. The zero-order valence-corrected chi connectivity index (χ0v) is 14.3. The van der Waals surface area contributed by atoms with Gasteiger partial charge in [0.1, 0.15) is 0 Å². The summed E-state index contributed by atoms with van der Waals surface area (Å²) < 4.78 is 27.2. The number of thiophene rings is 1. The Hall–Kier alpha value is -0.890. The predicted molar refractivity (Wildman–Crippen MR) is 86.2 cm³/mol. The van der Waals surface area contributed by atoms with Gasteiger partial charge in [-0.3, -0.25) is 0 Å². The van der Waals surface area contributed by atoms with Gasteiger partial charge < -0.3 is 5.73 Å². The molecule has 0 radical (unpaired) electrons. The van der Waals surface area contributed by atoms with Gasteiger partial charge in [0.25, 0.3) is 0 Å². The summed E-state index contributed by atoms with van der Waals surface area (Å²) in [6, 6.07) is 8.28. The Balaban J connectivity index is 2.36. The molecule has 2 rings (SSSR count). The van der Waals surface area contributed by atoms with Crippen LogP contribution in [-0.4, -0.2) is 19.8 Å². The topological polar surface area (TPSA) is 63.4 Å². The molecule has 0 spiro atoms. The fraction of sp³-hybridized carbons (Fsp3) is 0.231. The largest absolute Gasteiger partial charge is 0.398 e. The van der Waals surface area contributed by atoms with Crippen LogP contribution in [0.25, 0.3) is 0 Å².